The zero-order valence-corrected chi connectivity index (χ0v) is 12.2. The van der Waals surface area contributed by atoms with Gasteiger partial charge >= 0.3 is 0 Å². The maximum Gasteiger partial charge on any atom is 0.153 e. The summed E-state index contributed by atoms with van der Waals surface area (Å²) >= 11 is 6.10. The van der Waals surface area contributed by atoms with E-state index in [1.165, 1.54) is 0 Å². The number of carbonyl (C=O) groups is 1. The minimum absolute atomic E-state index is 0.579. The molecule has 4 rings (SSSR count). The molecule has 0 bridgehead atoms. The van der Waals surface area contributed by atoms with E-state index >= 15 is 0 Å². The van der Waals surface area contributed by atoms with Crippen LogP contribution in [0.1, 0.15) is 10.4 Å². The summed E-state index contributed by atoms with van der Waals surface area (Å²) in [5.74, 6) is 0. The smallest absolute Gasteiger partial charge is 0.153 e. The van der Waals surface area contributed by atoms with Crippen molar-refractivity contribution in [3.05, 3.63) is 65.4 Å². The van der Waals surface area contributed by atoms with Gasteiger partial charge in [0, 0.05) is 33.1 Å². The second-order valence-corrected chi connectivity index (χ2v) is 5.44. The molecule has 0 spiro atoms. The number of nitrogens with zero attached hydrogens (tertiary/aromatic N) is 1. The number of hydrogen-bond acceptors (Lipinski definition) is 3. The highest BCUT2D eigenvalue weighted by molar-refractivity contribution is 6.31. The highest BCUT2D eigenvalue weighted by atomic mass is 35.5. The maximum atomic E-state index is 11.3. The van der Waals surface area contributed by atoms with Gasteiger partial charge < -0.3 is 4.42 Å². The van der Waals surface area contributed by atoms with Crippen LogP contribution in [0.4, 0.5) is 0 Å². The van der Waals surface area contributed by atoms with Crippen LogP contribution in [0.15, 0.2) is 59.3 Å². The van der Waals surface area contributed by atoms with Crippen molar-refractivity contribution >= 4 is 39.8 Å². The Morgan fingerprint density at radius 1 is 1.05 bits per heavy atom. The van der Waals surface area contributed by atoms with Crippen molar-refractivity contribution in [3.63, 3.8) is 0 Å². The van der Waals surface area contributed by atoms with Crippen molar-refractivity contribution in [3.8, 4) is 11.1 Å². The Morgan fingerprint density at radius 2 is 1.95 bits per heavy atom. The fourth-order valence-corrected chi connectivity index (χ4v) is 2.90. The molecule has 0 atom stereocenters. The van der Waals surface area contributed by atoms with E-state index in [4.69, 9.17) is 16.0 Å². The van der Waals surface area contributed by atoms with Crippen LogP contribution >= 0.6 is 11.6 Å². The second kappa shape index (κ2) is 4.97. The van der Waals surface area contributed by atoms with E-state index in [0.29, 0.717) is 10.6 Å². The molecule has 2 aromatic heterocycles. The van der Waals surface area contributed by atoms with Gasteiger partial charge in [0.15, 0.2) is 11.9 Å². The van der Waals surface area contributed by atoms with Crippen LogP contribution in [0.2, 0.25) is 5.02 Å². The first kappa shape index (κ1) is 13.0. The number of aldehydes is 1. The van der Waals surface area contributed by atoms with Crippen molar-refractivity contribution in [2.75, 3.05) is 0 Å². The van der Waals surface area contributed by atoms with E-state index in [1.807, 2.05) is 24.3 Å². The van der Waals surface area contributed by atoms with Crippen molar-refractivity contribution in [2.24, 2.45) is 0 Å². The minimum Gasteiger partial charge on any atom is -0.454 e. The highest BCUT2D eigenvalue weighted by Crippen LogP contribution is 2.37. The summed E-state index contributed by atoms with van der Waals surface area (Å²) in [6.45, 7) is 0. The Kier molecular flexibility index (Phi) is 2.94. The van der Waals surface area contributed by atoms with Gasteiger partial charge in [-0.2, -0.15) is 0 Å². The summed E-state index contributed by atoms with van der Waals surface area (Å²) in [6.07, 6.45) is 4.26. The molecule has 0 unspecified atom stereocenters. The number of rotatable bonds is 2. The van der Waals surface area contributed by atoms with Gasteiger partial charge in [-0.3, -0.25) is 9.78 Å². The van der Waals surface area contributed by atoms with Gasteiger partial charge in [-0.25, -0.2) is 0 Å². The Morgan fingerprint density at radius 3 is 2.82 bits per heavy atom. The van der Waals surface area contributed by atoms with Gasteiger partial charge in [-0.15, -0.1) is 0 Å². The average Bonchev–Trinajstić information content (AvgIpc) is 2.93. The van der Waals surface area contributed by atoms with E-state index in [9.17, 15) is 4.79 Å². The Bertz CT molecular complexity index is 1020. The molecular formula is C18H10ClNO2. The van der Waals surface area contributed by atoms with Gasteiger partial charge in [-0.05, 0) is 29.8 Å². The molecule has 2 aromatic carbocycles. The molecule has 106 valence electrons. The number of hydrogen-bond donors (Lipinski definition) is 0. The van der Waals surface area contributed by atoms with Crippen LogP contribution in [0.3, 0.4) is 0 Å². The van der Waals surface area contributed by atoms with Crippen LogP contribution < -0.4 is 0 Å². The maximum absolute atomic E-state index is 11.3. The van der Waals surface area contributed by atoms with E-state index in [0.717, 1.165) is 39.4 Å². The summed E-state index contributed by atoms with van der Waals surface area (Å²) < 4.78 is 5.96. The Hall–Kier alpha value is -2.65. The van der Waals surface area contributed by atoms with E-state index < -0.39 is 0 Å². The molecule has 4 aromatic rings. The molecule has 22 heavy (non-hydrogen) atoms. The number of furan rings is 1. The molecule has 0 aliphatic carbocycles. The monoisotopic (exact) mass is 307 g/mol. The molecule has 0 radical (unpaired) electrons. The second-order valence-electron chi connectivity index (χ2n) is 5.01. The van der Waals surface area contributed by atoms with Crippen molar-refractivity contribution in [2.45, 2.75) is 0 Å². The van der Waals surface area contributed by atoms with Crippen molar-refractivity contribution in [1.82, 2.24) is 4.98 Å². The summed E-state index contributed by atoms with van der Waals surface area (Å²) in [6, 6.07) is 13.0. The topological polar surface area (TPSA) is 43.1 Å². The lowest BCUT2D eigenvalue weighted by Crippen LogP contribution is -1.88. The third-order valence-corrected chi connectivity index (χ3v) is 3.97. The van der Waals surface area contributed by atoms with Gasteiger partial charge in [0.05, 0.1) is 6.20 Å². The summed E-state index contributed by atoms with van der Waals surface area (Å²) in [5, 5.41) is 2.57. The van der Waals surface area contributed by atoms with Gasteiger partial charge in [0.25, 0.3) is 0 Å². The van der Waals surface area contributed by atoms with Crippen LogP contribution in [0.25, 0.3) is 33.1 Å². The molecule has 0 saturated carbocycles. The van der Waals surface area contributed by atoms with Crippen molar-refractivity contribution in [1.29, 1.82) is 0 Å². The lowest BCUT2D eigenvalue weighted by Gasteiger charge is -2.06. The van der Waals surface area contributed by atoms with Crippen LogP contribution in [-0.2, 0) is 0 Å². The Labute approximate surface area is 131 Å². The van der Waals surface area contributed by atoms with E-state index in [2.05, 4.69) is 4.98 Å². The molecular weight excluding hydrogens is 298 g/mol. The first-order chi connectivity index (χ1) is 10.8. The number of halogens is 1. The Balaban J connectivity index is 2.12. The molecule has 4 heteroatoms. The predicted octanol–water partition coefficient (Wildman–Crippen LogP) is 5.11. The normalized spacial score (nSPS) is 11.1. The summed E-state index contributed by atoms with van der Waals surface area (Å²) in [7, 11) is 0. The first-order valence-electron chi connectivity index (χ1n) is 6.78. The number of fused-ring (bicyclic) bond motifs is 3. The lowest BCUT2D eigenvalue weighted by atomic mass is 9.98. The minimum atomic E-state index is 0.579. The average molecular weight is 308 g/mol. The largest absolute Gasteiger partial charge is 0.454 e. The number of para-hydroxylation sites is 1. The predicted molar refractivity (Wildman–Crippen MR) is 87.3 cm³/mol. The van der Waals surface area contributed by atoms with Gasteiger partial charge in [0.1, 0.15) is 5.58 Å². The zero-order valence-electron chi connectivity index (χ0n) is 11.4. The summed E-state index contributed by atoms with van der Waals surface area (Å²) in [5.41, 5.74) is 3.64. The molecule has 3 nitrogen and oxygen atoms in total. The molecule has 0 amide bonds. The van der Waals surface area contributed by atoms with Gasteiger partial charge in [-0.1, -0.05) is 29.8 Å². The third-order valence-electron chi connectivity index (χ3n) is 3.73. The number of pyridine rings is 1. The fourth-order valence-electron chi connectivity index (χ4n) is 2.73. The molecule has 0 fully saturated rings. The van der Waals surface area contributed by atoms with E-state index in [1.54, 1.807) is 30.6 Å². The number of benzene rings is 2. The molecule has 0 aliphatic rings. The van der Waals surface area contributed by atoms with Crippen LogP contribution in [0, 0.1) is 0 Å². The quantitative estimate of drug-likeness (QED) is 0.483. The SMILES string of the molecule is O=Cc1ccc(Cl)cc1-c1cccc2c1oc1cnccc12. The number of carbonyl (C=O) groups excluding carboxylic acids is 1. The molecule has 0 saturated heterocycles. The lowest BCUT2D eigenvalue weighted by molar-refractivity contribution is 0.112. The van der Waals surface area contributed by atoms with Crippen LogP contribution in [-0.4, -0.2) is 11.3 Å². The first-order valence-corrected chi connectivity index (χ1v) is 7.16. The summed E-state index contributed by atoms with van der Waals surface area (Å²) in [4.78, 5) is 15.4. The third kappa shape index (κ3) is 1.90. The highest BCUT2D eigenvalue weighted by Gasteiger charge is 2.14. The fraction of sp³-hybridized carbons (Fsp3) is 0. The van der Waals surface area contributed by atoms with E-state index in [-0.39, 0.29) is 0 Å². The van der Waals surface area contributed by atoms with Crippen LogP contribution in [0.5, 0.6) is 0 Å². The van der Waals surface area contributed by atoms with Crippen molar-refractivity contribution < 1.29 is 9.21 Å². The zero-order chi connectivity index (χ0) is 15.1. The molecule has 2 heterocycles. The molecule has 0 N–H and O–H groups in total. The number of aromatic nitrogens is 1. The standard InChI is InChI=1S/C18H10ClNO2/c19-12-5-4-11(10-21)16(8-12)15-3-1-2-14-13-6-7-20-9-17(13)22-18(14)15/h1-10H. The molecule has 0 aliphatic heterocycles. The van der Waals surface area contributed by atoms with Gasteiger partial charge in [0.2, 0.25) is 0 Å².